The first-order valence-corrected chi connectivity index (χ1v) is 8.61. The maximum absolute atomic E-state index is 13.2. The summed E-state index contributed by atoms with van der Waals surface area (Å²) in [5.41, 5.74) is 2.25. The van der Waals surface area contributed by atoms with Crippen LogP contribution in [-0.4, -0.2) is 17.3 Å². The zero-order valence-corrected chi connectivity index (χ0v) is 13.9. The molecule has 0 aliphatic carbocycles. The van der Waals surface area contributed by atoms with Gasteiger partial charge in [-0.3, -0.25) is 4.98 Å². The van der Waals surface area contributed by atoms with Gasteiger partial charge in [0.05, 0.1) is 11.2 Å². The summed E-state index contributed by atoms with van der Waals surface area (Å²) in [6.07, 6.45) is 3.67. The van der Waals surface area contributed by atoms with Crippen LogP contribution in [0, 0.1) is 5.82 Å². The third kappa shape index (κ3) is 3.65. The van der Waals surface area contributed by atoms with Gasteiger partial charge in [-0.05, 0) is 48.2 Å². The number of amides is 2. The van der Waals surface area contributed by atoms with Crippen molar-refractivity contribution >= 4 is 34.4 Å². The van der Waals surface area contributed by atoms with E-state index in [2.05, 4.69) is 15.6 Å². The van der Waals surface area contributed by atoms with Crippen molar-refractivity contribution in [2.45, 2.75) is 11.4 Å². The molecule has 0 aliphatic rings. The lowest BCUT2D eigenvalue weighted by Gasteiger charge is -2.13. The summed E-state index contributed by atoms with van der Waals surface area (Å²) in [6, 6.07) is 13.4. The second-order valence-electron chi connectivity index (χ2n) is 5.15. The maximum Gasteiger partial charge on any atom is 0.319 e. The van der Waals surface area contributed by atoms with Crippen molar-refractivity contribution in [3.8, 4) is 0 Å². The van der Waals surface area contributed by atoms with E-state index in [0.717, 1.165) is 21.5 Å². The summed E-state index contributed by atoms with van der Waals surface area (Å²) in [5, 5.41) is 6.51. The second-order valence-corrected chi connectivity index (χ2v) is 6.00. The van der Waals surface area contributed by atoms with Gasteiger partial charge in [0.25, 0.3) is 0 Å². The molecule has 0 spiro atoms. The fourth-order valence-electron chi connectivity index (χ4n) is 2.42. The van der Waals surface area contributed by atoms with E-state index < -0.39 is 0 Å². The minimum Gasteiger partial charge on any atom is -0.334 e. The van der Waals surface area contributed by atoms with Crippen LogP contribution in [0.3, 0.4) is 0 Å². The van der Waals surface area contributed by atoms with Crippen molar-refractivity contribution in [1.29, 1.82) is 0 Å². The van der Waals surface area contributed by atoms with Gasteiger partial charge in [0.15, 0.2) is 0 Å². The van der Waals surface area contributed by atoms with E-state index in [4.69, 9.17) is 0 Å². The highest BCUT2D eigenvalue weighted by molar-refractivity contribution is 7.98. The molecule has 2 aromatic carbocycles. The Hall–Kier alpha value is -2.60. The number of hydrogen-bond donors (Lipinski definition) is 2. The SMILES string of the molecule is CSc1ccc2ncccc2c1NC(=O)NCc1cccc(F)c1. The molecule has 1 heterocycles. The fraction of sp³-hybridized carbons (Fsp3) is 0.111. The number of aromatic nitrogens is 1. The molecule has 0 saturated carbocycles. The number of rotatable bonds is 4. The van der Waals surface area contributed by atoms with E-state index >= 15 is 0 Å². The molecule has 2 N–H and O–H groups in total. The second kappa shape index (κ2) is 7.31. The number of fused-ring (bicyclic) bond motifs is 1. The van der Waals surface area contributed by atoms with E-state index in [1.54, 1.807) is 30.1 Å². The summed E-state index contributed by atoms with van der Waals surface area (Å²) in [7, 11) is 0. The molecule has 24 heavy (non-hydrogen) atoms. The normalized spacial score (nSPS) is 10.6. The zero-order chi connectivity index (χ0) is 16.9. The molecule has 4 nitrogen and oxygen atoms in total. The molecule has 0 bridgehead atoms. The van der Waals surface area contributed by atoms with Crippen molar-refractivity contribution < 1.29 is 9.18 Å². The van der Waals surface area contributed by atoms with E-state index in [0.29, 0.717) is 5.56 Å². The maximum atomic E-state index is 13.2. The van der Waals surface area contributed by atoms with Crippen LogP contribution in [0.5, 0.6) is 0 Å². The number of halogens is 1. The molecule has 0 saturated heterocycles. The highest BCUT2D eigenvalue weighted by atomic mass is 32.2. The Kier molecular flexibility index (Phi) is 4.96. The fourth-order valence-corrected chi connectivity index (χ4v) is 2.99. The molecule has 0 aliphatic heterocycles. The van der Waals surface area contributed by atoms with Crippen LogP contribution in [0.1, 0.15) is 5.56 Å². The first kappa shape index (κ1) is 16.3. The molecular formula is C18H16FN3OS. The summed E-state index contributed by atoms with van der Waals surface area (Å²) < 4.78 is 13.2. The number of thioether (sulfide) groups is 1. The Morgan fingerprint density at radius 1 is 1.21 bits per heavy atom. The summed E-state index contributed by atoms with van der Waals surface area (Å²) in [6.45, 7) is 0.251. The van der Waals surface area contributed by atoms with Crippen LogP contribution in [-0.2, 0) is 6.54 Å². The number of urea groups is 1. The van der Waals surface area contributed by atoms with E-state index in [1.807, 2.05) is 30.5 Å². The van der Waals surface area contributed by atoms with Crippen LogP contribution in [0.25, 0.3) is 10.9 Å². The number of anilines is 1. The smallest absolute Gasteiger partial charge is 0.319 e. The number of carbonyl (C=O) groups is 1. The number of nitrogens with one attached hydrogen (secondary N) is 2. The lowest BCUT2D eigenvalue weighted by atomic mass is 10.2. The van der Waals surface area contributed by atoms with Crippen molar-refractivity contribution in [3.63, 3.8) is 0 Å². The molecule has 0 fully saturated rings. The van der Waals surface area contributed by atoms with Gasteiger partial charge < -0.3 is 10.6 Å². The molecule has 0 radical (unpaired) electrons. The van der Waals surface area contributed by atoms with Gasteiger partial charge in [0.1, 0.15) is 5.82 Å². The number of nitrogens with zero attached hydrogens (tertiary/aromatic N) is 1. The van der Waals surface area contributed by atoms with Crippen LogP contribution in [0.4, 0.5) is 14.9 Å². The van der Waals surface area contributed by atoms with E-state index in [9.17, 15) is 9.18 Å². The van der Waals surface area contributed by atoms with Gasteiger partial charge >= 0.3 is 6.03 Å². The monoisotopic (exact) mass is 341 g/mol. The van der Waals surface area contributed by atoms with Crippen molar-refractivity contribution in [2.75, 3.05) is 11.6 Å². The first-order valence-electron chi connectivity index (χ1n) is 7.38. The van der Waals surface area contributed by atoms with Crippen LogP contribution in [0.15, 0.2) is 59.6 Å². The molecule has 2 amide bonds. The molecule has 6 heteroatoms. The molecule has 122 valence electrons. The van der Waals surface area contributed by atoms with Gasteiger partial charge in [0, 0.05) is 23.0 Å². The van der Waals surface area contributed by atoms with Crippen LogP contribution >= 0.6 is 11.8 Å². The van der Waals surface area contributed by atoms with Gasteiger partial charge in [-0.2, -0.15) is 0 Å². The molecule has 3 rings (SSSR count). The average molecular weight is 341 g/mol. The molecule has 0 unspecified atom stereocenters. The zero-order valence-electron chi connectivity index (χ0n) is 13.0. The van der Waals surface area contributed by atoms with Gasteiger partial charge in [-0.25, -0.2) is 9.18 Å². The predicted octanol–water partition coefficient (Wildman–Crippen LogP) is 4.42. The molecule has 1 aromatic heterocycles. The highest BCUT2D eigenvalue weighted by Crippen LogP contribution is 2.32. The van der Waals surface area contributed by atoms with Gasteiger partial charge in [-0.15, -0.1) is 11.8 Å². The third-order valence-electron chi connectivity index (χ3n) is 3.55. The van der Waals surface area contributed by atoms with E-state index in [-0.39, 0.29) is 18.4 Å². The number of hydrogen-bond acceptors (Lipinski definition) is 3. The third-order valence-corrected chi connectivity index (χ3v) is 4.33. The van der Waals surface area contributed by atoms with Gasteiger partial charge in [0.2, 0.25) is 0 Å². The molecule has 3 aromatic rings. The topological polar surface area (TPSA) is 54.0 Å². The quantitative estimate of drug-likeness (QED) is 0.691. The van der Waals surface area contributed by atoms with Crippen molar-refractivity contribution in [3.05, 3.63) is 66.1 Å². The Balaban J connectivity index is 1.77. The average Bonchev–Trinajstić information content (AvgIpc) is 2.60. The summed E-state index contributed by atoms with van der Waals surface area (Å²) in [4.78, 5) is 17.5. The summed E-state index contributed by atoms with van der Waals surface area (Å²) >= 11 is 1.55. The lowest BCUT2D eigenvalue weighted by molar-refractivity contribution is 0.251. The Bertz CT molecular complexity index is 885. The standard InChI is InChI=1S/C18H16FN3OS/c1-24-16-8-7-15-14(6-3-9-20-15)17(16)22-18(23)21-11-12-4-2-5-13(19)10-12/h2-10H,11H2,1H3,(H2,21,22,23). The Labute approximate surface area is 143 Å². The predicted molar refractivity (Wildman–Crippen MR) is 95.8 cm³/mol. The van der Waals surface area contributed by atoms with E-state index in [1.165, 1.54) is 12.1 Å². The summed E-state index contributed by atoms with van der Waals surface area (Å²) in [5.74, 6) is -0.320. The number of benzene rings is 2. The minimum absolute atomic E-state index is 0.251. The number of carbonyl (C=O) groups excluding carboxylic acids is 1. The molecule has 0 atom stereocenters. The Morgan fingerprint density at radius 2 is 2.08 bits per heavy atom. The van der Waals surface area contributed by atoms with Crippen molar-refractivity contribution in [1.82, 2.24) is 10.3 Å². The Morgan fingerprint density at radius 3 is 2.88 bits per heavy atom. The first-order chi connectivity index (χ1) is 11.7. The molecular weight excluding hydrogens is 325 g/mol. The van der Waals surface area contributed by atoms with Crippen LogP contribution in [0.2, 0.25) is 0 Å². The lowest BCUT2D eigenvalue weighted by Crippen LogP contribution is -2.28. The van der Waals surface area contributed by atoms with Crippen molar-refractivity contribution in [2.24, 2.45) is 0 Å². The minimum atomic E-state index is -0.342. The van der Waals surface area contributed by atoms with Crippen LogP contribution < -0.4 is 10.6 Å². The largest absolute Gasteiger partial charge is 0.334 e. The highest BCUT2D eigenvalue weighted by Gasteiger charge is 2.11. The number of pyridine rings is 1. The van der Waals surface area contributed by atoms with Gasteiger partial charge in [-0.1, -0.05) is 12.1 Å².